The van der Waals surface area contributed by atoms with Crippen LogP contribution in [0, 0.1) is 0 Å². The number of carbonyl (C=O) groups excluding carboxylic acids is 1. The fraction of sp³-hybridized carbons (Fsp3) is 0.462. The molecule has 0 saturated carbocycles. The molecular weight excluding hydrogens is 323 g/mol. The maximum Gasteiger partial charge on any atom is 0.260 e. The van der Waals surface area contributed by atoms with Crippen LogP contribution >= 0.6 is 35.6 Å². The van der Waals surface area contributed by atoms with Gasteiger partial charge in [-0.05, 0) is 38.5 Å². The van der Waals surface area contributed by atoms with Gasteiger partial charge in [0.05, 0.1) is 0 Å². The first kappa shape index (κ1) is 19.3. The second-order valence-corrected chi connectivity index (χ2v) is 5.30. The maximum absolute atomic E-state index is 11.8. The molecule has 0 saturated heterocycles. The van der Waals surface area contributed by atoms with Crippen molar-refractivity contribution in [3.05, 3.63) is 28.2 Å². The van der Waals surface area contributed by atoms with E-state index in [0.29, 0.717) is 22.3 Å². The quantitative estimate of drug-likeness (QED) is 0.836. The maximum atomic E-state index is 11.8. The summed E-state index contributed by atoms with van der Waals surface area (Å²) in [6.07, 6.45) is 0.101. The van der Waals surface area contributed by atoms with Gasteiger partial charge >= 0.3 is 0 Å². The highest BCUT2D eigenvalue weighted by atomic mass is 35.5. The van der Waals surface area contributed by atoms with Gasteiger partial charge < -0.3 is 15.8 Å². The predicted octanol–water partition coefficient (Wildman–Crippen LogP) is 3.04. The molecule has 7 heteroatoms. The van der Waals surface area contributed by atoms with E-state index in [4.69, 9.17) is 33.7 Å². The van der Waals surface area contributed by atoms with Crippen LogP contribution in [0.2, 0.25) is 10.0 Å². The van der Waals surface area contributed by atoms with Crippen LogP contribution in [-0.4, -0.2) is 24.6 Å². The van der Waals surface area contributed by atoms with Gasteiger partial charge in [0.2, 0.25) is 0 Å². The lowest BCUT2D eigenvalue weighted by molar-refractivity contribution is -0.127. The monoisotopic (exact) mass is 340 g/mol. The SMILES string of the molecule is CC(N)CCNC(=O)C(C)Oc1cc(Cl)cc(Cl)c1.Cl. The van der Waals surface area contributed by atoms with Gasteiger partial charge in [-0.15, -0.1) is 12.4 Å². The molecule has 3 N–H and O–H groups in total. The zero-order chi connectivity index (χ0) is 14.4. The van der Waals surface area contributed by atoms with Gasteiger partial charge in [0, 0.05) is 22.6 Å². The van der Waals surface area contributed by atoms with Crippen LogP contribution in [0.1, 0.15) is 20.3 Å². The van der Waals surface area contributed by atoms with Crippen LogP contribution in [0.5, 0.6) is 5.75 Å². The number of hydrogen-bond donors (Lipinski definition) is 2. The Labute approximate surface area is 135 Å². The third kappa shape index (κ3) is 7.20. The van der Waals surface area contributed by atoms with E-state index in [-0.39, 0.29) is 24.4 Å². The molecule has 1 rings (SSSR count). The molecule has 0 aromatic heterocycles. The number of halogens is 3. The van der Waals surface area contributed by atoms with Crippen molar-refractivity contribution in [3.63, 3.8) is 0 Å². The first-order chi connectivity index (χ1) is 8.88. The van der Waals surface area contributed by atoms with Crippen LogP contribution in [-0.2, 0) is 4.79 Å². The van der Waals surface area contributed by atoms with Gasteiger partial charge in [0.15, 0.2) is 6.10 Å². The summed E-state index contributed by atoms with van der Waals surface area (Å²) in [6.45, 7) is 4.08. The lowest BCUT2D eigenvalue weighted by Gasteiger charge is -2.15. The van der Waals surface area contributed by atoms with Crippen LogP contribution in [0.15, 0.2) is 18.2 Å². The Morgan fingerprint density at radius 1 is 1.30 bits per heavy atom. The molecule has 1 aromatic rings. The Balaban J connectivity index is 0.00000361. The van der Waals surface area contributed by atoms with Crippen molar-refractivity contribution >= 4 is 41.5 Å². The van der Waals surface area contributed by atoms with E-state index in [2.05, 4.69) is 5.32 Å². The van der Waals surface area contributed by atoms with Crippen molar-refractivity contribution in [1.29, 1.82) is 0 Å². The molecule has 2 atom stereocenters. The first-order valence-electron chi connectivity index (χ1n) is 6.04. The van der Waals surface area contributed by atoms with Crippen LogP contribution in [0.3, 0.4) is 0 Å². The predicted molar refractivity (Wildman–Crippen MR) is 85.1 cm³/mol. The summed E-state index contributed by atoms with van der Waals surface area (Å²) in [5, 5.41) is 3.68. The highest BCUT2D eigenvalue weighted by Gasteiger charge is 2.14. The minimum absolute atomic E-state index is 0. The highest BCUT2D eigenvalue weighted by molar-refractivity contribution is 6.34. The Bertz CT molecular complexity index is 421. The minimum Gasteiger partial charge on any atom is -0.481 e. The smallest absolute Gasteiger partial charge is 0.260 e. The van der Waals surface area contributed by atoms with Crippen LogP contribution in [0.25, 0.3) is 0 Å². The second kappa shape index (κ2) is 9.29. The number of carbonyl (C=O) groups is 1. The topological polar surface area (TPSA) is 64.3 Å². The highest BCUT2D eigenvalue weighted by Crippen LogP contribution is 2.24. The van der Waals surface area contributed by atoms with Gasteiger partial charge in [0.25, 0.3) is 5.91 Å². The van der Waals surface area contributed by atoms with Crippen molar-refractivity contribution in [1.82, 2.24) is 5.32 Å². The zero-order valence-corrected chi connectivity index (χ0v) is 13.7. The molecule has 0 aliphatic carbocycles. The van der Waals surface area contributed by atoms with E-state index < -0.39 is 6.10 Å². The summed E-state index contributed by atoms with van der Waals surface area (Å²) < 4.78 is 5.48. The number of nitrogens with two attached hydrogens (primary N) is 1. The number of hydrogen-bond acceptors (Lipinski definition) is 3. The van der Waals surface area contributed by atoms with Crippen LogP contribution < -0.4 is 15.8 Å². The Morgan fingerprint density at radius 3 is 2.35 bits per heavy atom. The van der Waals surface area contributed by atoms with Gasteiger partial charge in [-0.3, -0.25) is 4.79 Å². The molecule has 4 nitrogen and oxygen atoms in total. The third-order valence-corrected chi connectivity index (χ3v) is 2.85. The van der Waals surface area contributed by atoms with Crippen LogP contribution in [0.4, 0.5) is 0 Å². The number of rotatable bonds is 6. The molecule has 2 unspecified atom stereocenters. The van der Waals surface area contributed by atoms with E-state index >= 15 is 0 Å². The molecule has 0 aliphatic heterocycles. The molecule has 1 aromatic carbocycles. The molecular formula is C13H19Cl3N2O2. The largest absolute Gasteiger partial charge is 0.481 e. The number of nitrogens with one attached hydrogen (secondary N) is 1. The Kier molecular flexibility index (Phi) is 8.98. The average molecular weight is 342 g/mol. The summed E-state index contributed by atoms with van der Waals surface area (Å²) >= 11 is 11.7. The Hall–Kier alpha value is -0.680. The third-order valence-electron chi connectivity index (χ3n) is 2.42. The standard InChI is InChI=1S/C13H18Cl2N2O2.ClH/c1-8(16)3-4-17-13(18)9(2)19-12-6-10(14)5-11(15)7-12;/h5-9H,3-4,16H2,1-2H3,(H,17,18);1H. The number of amides is 1. The van der Waals surface area contributed by atoms with E-state index in [1.54, 1.807) is 25.1 Å². The van der Waals surface area contributed by atoms with Gasteiger partial charge in [-0.2, -0.15) is 0 Å². The fourth-order valence-corrected chi connectivity index (χ4v) is 1.93. The molecule has 0 aliphatic rings. The summed E-state index contributed by atoms with van der Waals surface area (Å²) in [5.74, 6) is 0.268. The first-order valence-corrected chi connectivity index (χ1v) is 6.80. The van der Waals surface area contributed by atoms with Crippen molar-refractivity contribution < 1.29 is 9.53 Å². The fourth-order valence-electron chi connectivity index (χ4n) is 1.42. The van der Waals surface area contributed by atoms with E-state index in [1.807, 2.05) is 6.92 Å². The lowest BCUT2D eigenvalue weighted by Crippen LogP contribution is -2.38. The van der Waals surface area contributed by atoms with Gasteiger partial charge in [-0.25, -0.2) is 0 Å². The summed E-state index contributed by atoms with van der Waals surface area (Å²) in [4.78, 5) is 11.8. The molecule has 1 amide bonds. The van der Waals surface area contributed by atoms with E-state index in [1.165, 1.54) is 0 Å². The summed E-state index contributed by atoms with van der Waals surface area (Å²) in [5.41, 5.74) is 5.60. The van der Waals surface area contributed by atoms with Crippen molar-refractivity contribution in [2.45, 2.75) is 32.4 Å². The van der Waals surface area contributed by atoms with E-state index in [9.17, 15) is 4.79 Å². The van der Waals surface area contributed by atoms with Crippen molar-refractivity contribution in [3.8, 4) is 5.75 Å². The number of benzene rings is 1. The second-order valence-electron chi connectivity index (χ2n) is 4.42. The average Bonchev–Trinajstić information content (AvgIpc) is 2.26. The molecule has 20 heavy (non-hydrogen) atoms. The number of ether oxygens (including phenoxy) is 1. The molecule has 0 radical (unpaired) electrons. The van der Waals surface area contributed by atoms with Crippen molar-refractivity contribution in [2.75, 3.05) is 6.54 Å². The molecule has 114 valence electrons. The molecule has 0 heterocycles. The lowest BCUT2D eigenvalue weighted by atomic mass is 10.2. The molecule has 0 bridgehead atoms. The zero-order valence-electron chi connectivity index (χ0n) is 11.4. The molecule has 0 spiro atoms. The van der Waals surface area contributed by atoms with Crippen molar-refractivity contribution in [2.24, 2.45) is 5.73 Å². The Morgan fingerprint density at radius 2 is 1.85 bits per heavy atom. The van der Waals surface area contributed by atoms with E-state index in [0.717, 1.165) is 6.42 Å². The minimum atomic E-state index is -0.623. The summed E-state index contributed by atoms with van der Waals surface area (Å²) in [6, 6.07) is 4.88. The van der Waals surface area contributed by atoms with Gasteiger partial charge in [-0.1, -0.05) is 23.2 Å². The molecule has 0 fully saturated rings. The normalized spacial score (nSPS) is 13.1. The summed E-state index contributed by atoms with van der Waals surface area (Å²) in [7, 11) is 0. The van der Waals surface area contributed by atoms with Gasteiger partial charge in [0.1, 0.15) is 5.75 Å².